The number of hydrogen-bond donors (Lipinski definition) is 0. The van der Waals surface area contributed by atoms with E-state index in [1.807, 2.05) is 0 Å². The maximum Gasteiger partial charge on any atom is 0.226 e. The molecular weight excluding hydrogens is 258 g/mol. The van der Waals surface area contributed by atoms with Crippen LogP contribution in [0.15, 0.2) is 23.3 Å². The number of carbonyl (C=O) groups excluding carboxylic acids is 1. The predicted molar refractivity (Wildman–Crippen MR) is 82.5 cm³/mol. The van der Waals surface area contributed by atoms with E-state index in [-0.39, 0.29) is 11.3 Å². The molecule has 112 valence electrons. The molecule has 2 heterocycles. The molecule has 0 N–H and O–H groups in total. The SMILES string of the molecule is C[C@@H]1CN2C(=O)[C@H]3CC[C@H]4CCC=C4C4=CC1CC2[C@]43C. The Balaban J connectivity index is 1.76. The molecule has 0 aromatic carbocycles. The summed E-state index contributed by atoms with van der Waals surface area (Å²) in [5.74, 6) is 2.80. The molecule has 6 atom stereocenters. The van der Waals surface area contributed by atoms with Gasteiger partial charge in [0, 0.05) is 23.9 Å². The minimum Gasteiger partial charge on any atom is -0.338 e. The Labute approximate surface area is 127 Å². The summed E-state index contributed by atoms with van der Waals surface area (Å²) in [5, 5.41) is 0. The van der Waals surface area contributed by atoms with Gasteiger partial charge in [0.05, 0.1) is 0 Å². The van der Waals surface area contributed by atoms with Crippen molar-refractivity contribution in [2.75, 3.05) is 6.54 Å². The highest BCUT2D eigenvalue weighted by Crippen LogP contribution is 2.62. The molecule has 0 radical (unpaired) electrons. The summed E-state index contributed by atoms with van der Waals surface area (Å²) in [5.41, 5.74) is 3.34. The van der Waals surface area contributed by atoms with Gasteiger partial charge in [-0.05, 0) is 61.0 Å². The molecule has 5 aliphatic rings. The molecule has 3 fully saturated rings. The Morgan fingerprint density at radius 2 is 2.14 bits per heavy atom. The third-order valence-corrected chi connectivity index (χ3v) is 7.48. The van der Waals surface area contributed by atoms with E-state index in [1.54, 1.807) is 11.1 Å². The Morgan fingerprint density at radius 1 is 1.29 bits per heavy atom. The van der Waals surface area contributed by atoms with Crippen LogP contribution < -0.4 is 0 Å². The fourth-order valence-corrected chi connectivity index (χ4v) is 6.27. The van der Waals surface area contributed by atoms with Crippen molar-refractivity contribution in [3.8, 4) is 0 Å². The van der Waals surface area contributed by atoms with Crippen LogP contribution in [0.3, 0.4) is 0 Å². The van der Waals surface area contributed by atoms with Gasteiger partial charge >= 0.3 is 0 Å². The molecule has 2 heteroatoms. The number of rotatable bonds is 0. The molecule has 2 unspecified atom stereocenters. The standard InChI is InChI=1S/C19H25NO/c1-11-10-20-17-9-13(11)8-16-14-5-3-4-12(14)6-7-15(18(20)21)19(16,17)2/h5,8,11-13,15,17H,3-4,6-7,9-10H2,1-2H3/t11-,12-,13?,15-,17?,19+/m1/s1. The van der Waals surface area contributed by atoms with Crippen molar-refractivity contribution in [3.05, 3.63) is 23.3 Å². The van der Waals surface area contributed by atoms with Crippen molar-refractivity contribution >= 4 is 5.91 Å². The minimum absolute atomic E-state index is 0.110. The number of piperidine rings is 1. The lowest BCUT2D eigenvalue weighted by Gasteiger charge is -2.49. The predicted octanol–water partition coefficient (Wildman–Crippen LogP) is 3.55. The first-order chi connectivity index (χ1) is 10.1. The van der Waals surface area contributed by atoms with Crippen LogP contribution in [0.1, 0.15) is 46.0 Å². The van der Waals surface area contributed by atoms with E-state index in [4.69, 9.17) is 0 Å². The Hall–Kier alpha value is -1.05. The first-order valence-electron chi connectivity index (χ1n) is 8.84. The molecule has 2 aliphatic heterocycles. The Kier molecular flexibility index (Phi) is 2.28. The fraction of sp³-hybridized carbons (Fsp3) is 0.737. The molecular formula is C19H25NO. The second kappa shape index (κ2) is 3.83. The van der Waals surface area contributed by atoms with Crippen molar-refractivity contribution < 1.29 is 4.79 Å². The molecule has 2 bridgehead atoms. The van der Waals surface area contributed by atoms with E-state index in [2.05, 4.69) is 30.9 Å². The third-order valence-electron chi connectivity index (χ3n) is 7.48. The lowest BCUT2D eigenvalue weighted by atomic mass is 9.59. The van der Waals surface area contributed by atoms with E-state index in [9.17, 15) is 4.79 Å². The highest BCUT2D eigenvalue weighted by molar-refractivity contribution is 5.85. The van der Waals surface area contributed by atoms with Gasteiger partial charge in [0.2, 0.25) is 5.91 Å². The molecule has 2 saturated heterocycles. The van der Waals surface area contributed by atoms with Gasteiger partial charge in [0.1, 0.15) is 0 Å². The van der Waals surface area contributed by atoms with Gasteiger partial charge in [-0.25, -0.2) is 0 Å². The van der Waals surface area contributed by atoms with Gasteiger partial charge in [0.15, 0.2) is 0 Å². The molecule has 0 aromatic heterocycles. The second-order valence-electron chi connectivity index (χ2n) is 8.31. The first kappa shape index (κ1) is 12.5. The normalized spacial score (nSPS) is 50.5. The van der Waals surface area contributed by atoms with Gasteiger partial charge in [-0.1, -0.05) is 26.0 Å². The molecule has 5 rings (SSSR count). The summed E-state index contributed by atoms with van der Waals surface area (Å²) in [6.45, 7) is 5.75. The van der Waals surface area contributed by atoms with Crippen LogP contribution in [0, 0.1) is 29.1 Å². The highest BCUT2D eigenvalue weighted by atomic mass is 16.2. The molecule has 0 aromatic rings. The van der Waals surface area contributed by atoms with Crippen LogP contribution in [0.5, 0.6) is 0 Å². The quantitative estimate of drug-likeness (QED) is 0.666. The van der Waals surface area contributed by atoms with E-state index in [1.165, 1.54) is 25.7 Å². The van der Waals surface area contributed by atoms with Crippen molar-refractivity contribution in [2.24, 2.45) is 29.1 Å². The lowest BCUT2D eigenvalue weighted by Crippen LogP contribution is -2.51. The number of amides is 1. The summed E-state index contributed by atoms with van der Waals surface area (Å²) < 4.78 is 0. The summed E-state index contributed by atoms with van der Waals surface area (Å²) in [4.78, 5) is 15.3. The maximum absolute atomic E-state index is 13.0. The van der Waals surface area contributed by atoms with Crippen LogP contribution >= 0.6 is 0 Å². The third kappa shape index (κ3) is 1.33. The zero-order valence-electron chi connectivity index (χ0n) is 13.1. The fourth-order valence-electron chi connectivity index (χ4n) is 6.27. The van der Waals surface area contributed by atoms with Crippen molar-refractivity contribution in [1.29, 1.82) is 0 Å². The number of nitrogens with zero attached hydrogens (tertiary/aromatic N) is 1. The van der Waals surface area contributed by atoms with Gasteiger partial charge in [-0.3, -0.25) is 4.79 Å². The second-order valence-corrected chi connectivity index (χ2v) is 8.31. The summed E-state index contributed by atoms with van der Waals surface area (Å²) in [6.07, 6.45) is 11.2. The maximum atomic E-state index is 13.0. The Bertz CT molecular complexity index is 588. The molecule has 3 aliphatic carbocycles. The van der Waals surface area contributed by atoms with Gasteiger partial charge in [0.25, 0.3) is 0 Å². The Morgan fingerprint density at radius 3 is 3.00 bits per heavy atom. The minimum atomic E-state index is 0.110. The van der Waals surface area contributed by atoms with Crippen LogP contribution in [0.25, 0.3) is 0 Å². The van der Waals surface area contributed by atoms with Crippen LogP contribution in [-0.4, -0.2) is 23.4 Å². The average Bonchev–Trinajstić information content (AvgIpc) is 2.96. The zero-order valence-corrected chi connectivity index (χ0v) is 13.1. The smallest absolute Gasteiger partial charge is 0.226 e. The van der Waals surface area contributed by atoms with Crippen molar-refractivity contribution in [2.45, 2.75) is 52.0 Å². The van der Waals surface area contributed by atoms with E-state index < -0.39 is 0 Å². The lowest BCUT2D eigenvalue weighted by molar-refractivity contribution is -0.134. The summed E-state index contributed by atoms with van der Waals surface area (Å²) in [7, 11) is 0. The molecule has 0 spiro atoms. The van der Waals surface area contributed by atoms with Gasteiger partial charge in [-0.15, -0.1) is 0 Å². The van der Waals surface area contributed by atoms with Crippen LogP contribution in [0.4, 0.5) is 0 Å². The van der Waals surface area contributed by atoms with E-state index in [0.717, 1.165) is 18.9 Å². The topological polar surface area (TPSA) is 20.3 Å². The molecule has 2 nitrogen and oxygen atoms in total. The first-order valence-corrected chi connectivity index (χ1v) is 8.84. The monoisotopic (exact) mass is 283 g/mol. The average molecular weight is 283 g/mol. The highest BCUT2D eigenvalue weighted by Gasteiger charge is 2.63. The van der Waals surface area contributed by atoms with E-state index >= 15 is 0 Å². The number of hydrogen-bond acceptors (Lipinski definition) is 1. The molecule has 1 amide bonds. The zero-order chi connectivity index (χ0) is 14.4. The van der Waals surface area contributed by atoms with Crippen molar-refractivity contribution in [1.82, 2.24) is 4.90 Å². The van der Waals surface area contributed by atoms with Gasteiger partial charge in [-0.2, -0.15) is 0 Å². The number of allylic oxidation sites excluding steroid dienone is 3. The van der Waals surface area contributed by atoms with Gasteiger partial charge < -0.3 is 4.90 Å². The van der Waals surface area contributed by atoms with Crippen molar-refractivity contribution in [3.63, 3.8) is 0 Å². The van der Waals surface area contributed by atoms with E-state index in [0.29, 0.717) is 23.8 Å². The summed E-state index contributed by atoms with van der Waals surface area (Å²) in [6, 6.07) is 0.483. The number of carbonyl (C=O) groups is 1. The molecule has 1 saturated carbocycles. The molecule has 21 heavy (non-hydrogen) atoms. The van der Waals surface area contributed by atoms with Crippen LogP contribution in [-0.2, 0) is 4.79 Å². The number of fused-ring (bicyclic) bond motifs is 3. The largest absolute Gasteiger partial charge is 0.338 e. The summed E-state index contributed by atoms with van der Waals surface area (Å²) >= 11 is 0. The van der Waals surface area contributed by atoms with Crippen LogP contribution in [0.2, 0.25) is 0 Å².